The van der Waals surface area contributed by atoms with E-state index in [0.717, 1.165) is 19.3 Å². The Balaban J connectivity index is 1.56. The molecule has 11 heteroatoms. The first kappa shape index (κ1) is 23.5. The van der Waals surface area contributed by atoms with Gasteiger partial charge in [0, 0.05) is 6.61 Å². The van der Waals surface area contributed by atoms with Gasteiger partial charge >= 0.3 is 5.97 Å². The Hall–Kier alpha value is -1.82. The quantitative estimate of drug-likeness (QED) is 0.135. The normalized spacial score (nSPS) is 16.8. The summed E-state index contributed by atoms with van der Waals surface area (Å²) in [5.74, 6) is -14.0. The Morgan fingerprint density at radius 1 is 0.828 bits per heavy atom. The van der Waals surface area contributed by atoms with E-state index >= 15 is 0 Å². The minimum absolute atomic E-state index is 0.121. The predicted octanol–water partition coefficient (Wildman–Crippen LogP) is 3.25. The number of ether oxygens (including phenoxy) is 5. The average Bonchev–Trinajstić information content (AvgIpc) is 2.73. The first-order chi connectivity index (χ1) is 13.9. The highest BCUT2D eigenvalue weighted by Crippen LogP contribution is 2.29. The smallest absolute Gasteiger partial charge is 0.313 e. The van der Waals surface area contributed by atoms with Crippen molar-refractivity contribution in [1.29, 1.82) is 0 Å². The maximum atomic E-state index is 13.4. The van der Waals surface area contributed by atoms with E-state index in [-0.39, 0.29) is 26.1 Å². The number of benzene rings is 1. The second-order valence-corrected chi connectivity index (χ2v) is 6.01. The highest BCUT2D eigenvalue weighted by molar-refractivity contribution is 5.72. The van der Waals surface area contributed by atoms with Gasteiger partial charge < -0.3 is 23.7 Å². The third kappa shape index (κ3) is 7.18. The van der Waals surface area contributed by atoms with Crippen LogP contribution < -0.4 is 4.74 Å². The summed E-state index contributed by atoms with van der Waals surface area (Å²) < 4.78 is 91.2. The topological polar surface area (TPSA) is 63.2 Å². The highest BCUT2D eigenvalue weighted by Gasteiger charge is 2.28. The number of hydrogen-bond donors (Lipinski definition) is 0. The lowest BCUT2D eigenvalue weighted by atomic mass is 10.2. The second kappa shape index (κ2) is 12.0. The van der Waals surface area contributed by atoms with Crippen molar-refractivity contribution in [2.45, 2.75) is 32.0 Å². The monoisotopic (exact) mass is 428 g/mol. The molecule has 1 aliphatic rings. The van der Waals surface area contributed by atoms with Crippen LogP contribution in [0.15, 0.2) is 0 Å². The molecule has 6 nitrogen and oxygen atoms in total. The van der Waals surface area contributed by atoms with E-state index in [9.17, 15) is 26.7 Å². The summed E-state index contributed by atoms with van der Waals surface area (Å²) in [7, 11) is 0. The van der Waals surface area contributed by atoms with Gasteiger partial charge in [-0.3, -0.25) is 4.79 Å². The van der Waals surface area contributed by atoms with Crippen molar-refractivity contribution < 1.29 is 50.4 Å². The lowest BCUT2D eigenvalue weighted by molar-refractivity contribution is -0.169. The Morgan fingerprint density at radius 3 is 2.03 bits per heavy atom. The van der Waals surface area contributed by atoms with Crippen molar-refractivity contribution in [3.8, 4) is 5.75 Å². The van der Waals surface area contributed by atoms with Crippen molar-refractivity contribution in [3.05, 3.63) is 29.1 Å². The number of carbonyl (C=O) groups is 1. The van der Waals surface area contributed by atoms with Gasteiger partial charge in [0.15, 0.2) is 6.29 Å². The summed E-state index contributed by atoms with van der Waals surface area (Å²) in [5, 5.41) is 0. The molecule has 0 amide bonds. The van der Waals surface area contributed by atoms with Gasteiger partial charge in [0.25, 0.3) is 0 Å². The zero-order valence-corrected chi connectivity index (χ0v) is 15.5. The molecule has 1 saturated heterocycles. The van der Waals surface area contributed by atoms with E-state index in [1.54, 1.807) is 0 Å². The molecule has 0 aromatic heterocycles. The molecular weight excluding hydrogens is 407 g/mol. The summed E-state index contributed by atoms with van der Waals surface area (Å²) in [6, 6.07) is 0. The molecule has 29 heavy (non-hydrogen) atoms. The van der Waals surface area contributed by atoms with Crippen LogP contribution in [-0.2, 0) is 23.7 Å². The molecule has 164 valence electrons. The molecule has 0 radical (unpaired) electrons. The third-order valence-electron chi connectivity index (χ3n) is 3.88. The Morgan fingerprint density at radius 2 is 1.41 bits per heavy atom. The fraction of sp³-hybridized carbons (Fsp3) is 0.611. The van der Waals surface area contributed by atoms with Crippen LogP contribution in [0, 0.1) is 29.1 Å². The number of carbonyl (C=O) groups excluding carboxylic acids is 1. The molecule has 0 N–H and O–H groups in total. The van der Waals surface area contributed by atoms with Gasteiger partial charge in [0.2, 0.25) is 34.8 Å². The Bertz CT molecular complexity index is 652. The lowest BCUT2D eigenvalue weighted by Gasteiger charge is -2.22. The van der Waals surface area contributed by atoms with Gasteiger partial charge in [-0.05, 0) is 19.3 Å². The largest absolute Gasteiger partial charge is 0.420 e. The van der Waals surface area contributed by atoms with Crippen LogP contribution in [0.1, 0.15) is 25.7 Å². The van der Waals surface area contributed by atoms with Gasteiger partial charge in [0.1, 0.15) is 0 Å². The van der Waals surface area contributed by atoms with Crippen LogP contribution in [0.25, 0.3) is 0 Å². The van der Waals surface area contributed by atoms with Crippen LogP contribution >= 0.6 is 0 Å². The number of rotatable bonds is 11. The van der Waals surface area contributed by atoms with Gasteiger partial charge in [0.05, 0.1) is 39.5 Å². The fourth-order valence-electron chi connectivity index (χ4n) is 2.40. The first-order valence-electron chi connectivity index (χ1n) is 9.02. The standard InChI is InChI=1S/C18H21F5O6/c19-13-14(20)16(22)18(17(23)15(13)21)29-11(24)4-6-25-7-8-26-9-10-28-12-3-1-2-5-27-12/h12H,1-10H2. The molecule has 0 saturated carbocycles. The zero-order valence-electron chi connectivity index (χ0n) is 15.5. The molecule has 1 aromatic rings. The summed E-state index contributed by atoms with van der Waals surface area (Å²) in [4.78, 5) is 11.5. The third-order valence-corrected chi connectivity index (χ3v) is 3.88. The summed E-state index contributed by atoms with van der Waals surface area (Å²) >= 11 is 0. The molecule has 1 fully saturated rings. The van der Waals surface area contributed by atoms with Gasteiger partial charge in [-0.15, -0.1) is 0 Å². The second-order valence-electron chi connectivity index (χ2n) is 6.01. The van der Waals surface area contributed by atoms with Gasteiger partial charge in [-0.25, -0.2) is 13.2 Å². The number of hydrogen-bond acceptors (Lipinski definition) is 6. The van der Waals surface area contributed by atoms with Gasteiger partial charge in [-0.1, -0.05) is 0 Å². The van der Waals surface area contributed by atoms with Crippen molar-refractivity contribution in [3.63, 3.8) is 0 Å². The SMILES string of the molecule is O=C(CCOCCOCCOC1CCCCO1)Oc1c(F)c(F)c(F)c(F)c1F. The molecule has 1 atom stereocenters. The van der Waals surface area contributed by atoms with E-state index in [1.165, 1.54) is 0 Å². The zero-order chi connectivity index (χ0) is 21.2. The minimum atomic E-state index is -2.33. The minimum Gasteiger partial charge on any atom is -0.420 e. The molecule has 1 heterocycles. The number of esters is 1. The van der Waals surface area contributed by atoms with E-state index in [1.807, 2.05) is 0 Å². The summed E-state index contributed by atoms with van der Waals surface area (Å²) in [6.45, 7) is 1.51. The van der Waals surface area contributed by atoms with E-state index < -0.39 is 47.2 Å². The molecule has 1 aliphatic heterocycles. The van der Waals surface area contributed by atoms with Crippen molar-refractivity contribution in [2.24, 2.45) is 0 Å². The van der Waals surface area contributed by atoms with Crippen LogP contribution in [-0.4, -0.2) is 51.9 Å². The van der Waals surface area contributed by atoms with Crippen LogP contribution in [0.3, 0.4) is 0 Å². The van der Waals surface area contributed by atoms with Crippen LogP contribution in [0.5, 0.6) is 5.75 Å². The molecule has 0 aliphatic carbocycles. The summed E-state index contributed by atoms with van der Waals surface area (Å²) in [5.41, 5.74) is 0. The average molecular weight is 428 g/mol. The van der Waals surface area contributed by atoms with Crippen molar-refractivity contribution in [2.75, 3.05) is 39.6 Å². The fourth-order valence-corrected chi connectivity index (χ4v) is 2.40. The lowest BCUT2D eigenvalue weighted by Crippen LogP contribution is -2.24. The maximum absolute atomic E-state index is 13.4. The molecular formula is C18H21F5O6. The molecule has 2 rings (SSSR count). The van der Waals surface area contributed by atoms with Crippen LogP contribution in [0.2, 0.25) is 0 Å². The molecule has 0 bridgehead atoms. The van der Waals surface area contributed by atoms with Crippen molar-refractivity contribution >= 4 is 5.97 Å². The van der Waals surface area contributed by atoms with Crippen molar-refractivity contribution in [1.82, 2.24) is 0 Å². The molecule has 1 unspecified atom stereocenters. The van der Waals surface area contributed by atoms with E-state index in [4.69, 9.17) is 18.9 Å². The van der Waals surface area contributed by atoms with Crippen LogP contribution in [0.4, 0.5) is 22.0 Å². The molecule has 1 aromatic carbocycles. The Labute approximate surface area is 163 Å². The first-order valence-corrected chi connectivity index (χ1v) is 9.02. The maximum Gasteiger partial charge on any atom is 0.313 e. The Kier molecular flexibility index (Phi) is 9.71. The number of halogens is 5. The predicted molar refractivity (Wildman–Crippen MR) is 87.7 cm³/mol. The van der Waals surface area contributed by atoms with Gasteiger partial charge in [-0.2, -0.15) is 8.78 Å². The van der Waals surface area contributed by atoms with E-state index in [0.29, 0.717) is 19.8 Å². The summed E-state index contributed by atoms with van der Waals surface area (Å²) in [6.07, 6.45) is 2.29. The highest BCUT2D eigenvalue weighted by atomic mass is 19.2. The molecule has 0 spiro atoms. The van der Waals surface area contributed by atoms with E-state index in [2.05, 4.69) is 4.74 Å².